The largest absolute Gasteiger partial charge is 0.393 e. The van der Waals surface area contributed by atoms with Crippen molar-refractivity contribution in [2.75, 3.05) is 0 Å². The second kappa shape index (κ2) is 6.32. The molecule has 0 unspecified atom stereocenters. The second-order valence-corrected chi connectivity index (χ2v) is 5.74. The van der Waals surface area contributed by atoms with Crippen molar-refractivity contribution in [1.29, 1.82) is 0 Å². The molecule has 0 aliphatic heterocycles. The van der Waals surface area contributed by atoms with Gasteiger partial charge in [0.25, 0.3) is 5.91 Å². The van der Waals surface area contributed by atoms with Gasteiger partial charge in [0.15, 0.2) is 0 Å². The molecular weight excluding hydrogens is 283 g/mol. The topological polar surface area (TPSA) is 54.3 Å². The van der Waals surface area contributed by atoms with Crippen LogP contribution in [0.5, 0.6) is 0 Å². The van der Waals surface area contributed by atoms with Gasteiger partial charge in [-0.3, -0.25) is 4.79 Å². The first-order valence-corrected chi connectivity index (χ1v) is 7.55. The van der Waals surface area contributed by atoms with Gasteiger partial charge in [-0.25, -0.2) is 4.39 Å². The number of halogens is 1. The van der Waals surface area contributed by atoms with Crippen molar-refractivity contribution in [3.05, 3.63) is 54.1 Å². The van der Waals surface area contributed by atoms with Crippen molar-refractivity contribution in [1.82, 2.24) is 9.88 Å². The molecule has 0 atom stereocenters. The summed E-state index contributed by atoms with van der Waals surface area (Å²) in [7, 11) is 0. The molecule has 1 aromatic heterocycles. The molecule has 4 nitrogen and oxygen atoms in total. The van der Waals surface area contributed by atoms with E-state index >= 15 is 0 Å². The van der Waals surface area contributed by atoms with Gasteiger partial charge in [-0.15, -0.1) is 0 Å². The van der Waals surface area contributed by atoms with Gasteiger partial charge >= 0.3 is 0 Å². The molecule has 0 saturated heterocycles. The van der Waals surface area contributed by atoms with Gasteiger partial charge in [-0.2, -0.15) is 0 Å². The minimum absolute atomic E-state index is 0.0584. The third-order valence-corrected chi connectivity index (χ3v) is 4.12. The van der Waals surface area contributed by atoms with E-state index in [1.807, 2.05) is 12.1 Å². The number of benzene rings is 1. The highest BCUT2D eigenvalue weighted by molar-refractivity contribution is 5.94. The summed E-state index contributed by atoms with van der Waals surface area (Å²) < 4.78 is 15.8. The third kappa shape index (κ3) is 3.20. The average molecular weight is 302 g/mol. The number of hydrogen-bond donors (Lipinski definition) is 2. The summed E-state index contributed by atoms with van der Waals surface area (Å²) in [6.07, 6.45) is 6.18. The summed E-state index contributed by atoms with van der Waals surface area (Å²) in [5, 5.41) is 12.4. The third-order valence-electron chi connectivity index (χ3n) is 4.12. The summed E-state index contributed by atoms with van der Waals surface area (Å²) in [4.78, 5) is 12.2. The Morgan fingerprint density at radius 1 is 1.18 bits per heavy atom. The van der Waals surface area contributed by atoms with Crippen LogP contribution in [0, 0.1) is 5.82 Å². The zero-order valence-electron chi connectivity index (χ0n) is 12.2. The Morgan fingerprint density at radius 2 is 1.86 bits per heavy atom. The molecule has 1 amide bonds. The smallest absolute Gasteiger partial charge is 0.251 e. The first-order chi connectivity index (χ1) is 10.6. The van der Waals surface area contributed by atoms with Crippen LogP contribution in [0.15, 0.2) is 42.7 Å². The van der Waals surface area contributed by atoms with Gasteiger partial charge in [0.05, 0.1) is 11.8 Å². The van der Waals surface area contributed by atoms with Crippen molar-refractivity contribution in [2.24, 2.45) is 0 Å². The summed E-state index contributed by atoms with van der Waals surface area (Å²) in [5.74, 6) is -0.692. The normalized spacial score (nSPS) is 21.5. The molecule has 1 aliphatic carbocycles. The van der Waals surface area contributed by atoms with Crippen molar-refractivity contribution >= 4 is 5.91 Å². The molecule has 1 fully saturated rings. The van der Waals surface area contributed by atoms with Crippen LogP contribution in [0.4, 0.5) is 4.39 Å². The number of carbonyl (C=O) groups excluding carboxylic acids is 1. The number of nitrogens with zero attached hydrogens (tertiary/aromatic N) is 1. The number of nitrogens with one attached hydrogen (secondary N) is 1. The maximum Gasteiger partial charge on any atom is 0.251 e. The highest BCUT2D eigenvalue weighted by atomic mass is 19.1. The Balaban J connectivity index is 1.69. The fourth-order valence-corrected chi connectivity index (χ4v) is 2.84. The number of rotatable bonds is 3. The number of carbonyl (C=O) groups is 1. The molecule has 1 saturated carbocycles. The first-order valence-electron chi connectivity index (χ1n) is 7.55. The Bertz CT molecular complexity index is 647. The Hall–Kier alpha value is -2.14. The van der Waals surface area contributed by atoms with E-state index in [0.29, 0.717) is 24.1 Å². The molecule has 2 aromatic rings. The van der Waals surface area contributed by atoms with Crippen LogP contribution in [0.3, 0.4) is 0 Å². The molecule has 3 rings (SSSR count). The van der Waals surface area contributed by atoms with E-state index in [1.165, 1.54) is 6.07 Å². The van der Waals surface area contributed by atoms with E-state index in [2.05, 4.69) is 5.32 Å². The molecule has 22 heavy (non-hydrogen) atoms. The number of aliphatic hydroxyl groups is 1. The Labute approximate surface area is 128 Å². The number of amides is 1. The predicted molar refractivity (Wildman–Crippen MR) is 81.5 cm³/mol. The molecule has 1 heterocycles. The van der Waals surface area contributed by atoms with Crippen molar-refractivity contribution in [3.63, 3.8) is 0 Å². The highest BCUT2D eigenvalue weighted by Gasteiger charge is 2.21. The summed E-state index contributed by atoms with van der Waals surface area (Å²) >= 11 is 0. The minimum Gasteiger partial charge on any atom is -0.393 e. The standard InChI is InChI=1S/C17H19FN2O2/c18-15-11-12(3-8-16(15)20-9-1-2-10-20)17(22)19-13-4-6-14(21)7-5-13/h1-3,8-11,13-14,21H,4-7H2,(H,19,22). The molecule has 5 heteroatoms. The Morgan fingerprint density at radius 3 is 2.50 bits per heavy atom. The highest BCUT2D eigenvalue weighted by Crippen LogP contribution is 2.20. The first kappa shape index (κ1) is 14.8. The molecule has 0 bridgehead atoms. The summed E-state index contributed by atoms with van der Waals surface area (Å²) in [6.45, 7) is 0. The predicted octanol–water partition coefficient (Wildman–Crippen LogP) is 2.65. The quantitative estimate of drug-likeness (QED) is 0.916. The van der Waals surface area contributed by atoms with Crippen LogP contribution in [-0.4, -0.2) is 27.7 Å². The second-order valence-electron chi connectivity index (χ2n) is 5.74. The molecular formula is C17H19FN2O2. The number of hydrogen-bond acceptors (Lipinski definition) is 2. The van der Waals surface area contributed by atoms with Crippen molar-refractivity contribution in [3.8, 4) is 5.69 Å². The zero-order valence-corrected chi connectivity index (χ0v) is 12.2. The van der Waals surface area contributed by atoms with Crippen LogP contribution < -0.4 is 5.32 Å². The number of aromatic nitrogens is 1. The van der Waals surface area contributed by atoms with Crippen LogP contribution >= 0.6 is 0 Å². The average Bonchev–Trinajstić information content (AvgIpc) is 3.03. The molecule has 0 radical (unpaired) electrons. The van der Waals surface area contributed by atoms with Gasteiger partial charge in [0.2, 0.25) is 0 Å². The van der Waals surface area contributed by atoms with E-state index in [9.17, 15) is 14.3 Å². The van der Waals surface area contributed by atoms with Crippen LogP contribution in [0.2, 0.25) is 0 Å². The van der Waals surface area contributed by atoms with E-state index in [-0.39, 0.29) is 18.1 Å². The van der Waals surface area contributed by atoms with E-state index in [1.54, 1.807) is 29.1 Å². The molecule has 1 aliphatic rings. The monoisotopic (exact) mass is 302 g/mol. The van der Waals surface area contributed by atoms with Gasteiger partial charge in [-0.1, -0.05) is 0 Å². The Kier molecular flexibility index (Phi) is 4.24. The lowest BCUT2D eigenvalue weighted by atomic mass is 9.93. The van der Waals surface area contributed by atoms with E-state index in [4.69, 9.17) is 0 Å². The van der Waals surface area contributed by atoms with Gasteiger partial charge in [-0.05, 0) is 56.0 Å². The molecule has 1 aromatic carbocycles. The minimum atomic E-state index is -0.428. The fourth-order valence-electron chi connectivity index (χ4n) is 2.84. The maximum absolute atomic E-state index is 14.2. The fraction of sp³-hybridized carbons (Fsp3) is 0.353. The van der Waals surface area contributed by atoms with Crippen molar-refractivity contribution < 1.29 is 14.3 Å². The van der Waals surface area contributed by atoms with Gasteiger partial charge < -0.3 is 15.0 Å². The lowest BCUT2D eigenvalue weighted by molar-refractivity contribution is 0.0867. The lowest BCUT2D eigenvalue weighted by Crippen LogP contribution is -2.38. The molecule has 116 valence electrons. The lowest BCUT2D eigenvalue weighted by Gasteiger charge is -2.26. The summed E-state index contributed by atoms with van der Waals surface area (Å²) in [5.41, 5.74) is 0.738. The van der Waals surface area contributed by atoms with Gasteiger partial charge in [0.1, 0.15) is 5.82 Å². The van der Waals surface area contributed by atoms with Crippen LogP contribution in [0.1, 0.15) is 36.0 Å². The maximum atomic E-state index is 14.2. The van der Waals surface area contributed by atoms with Crippen molar-refractivity contribution in [2.45, 2.75) is 37.8 Å². The summed E-state index contributed by atoms with van der Waals surface area (Å²) in [6, 6.07) is 8.20. The van der Waals surface area contributed by atoms with Crippen LogP contribution in [0.25, 0.3) is 5.69 Å². The van der Waals surface area contributed by atoms with Gasteiger partial charge in [0, 0.05) is 24.0 Å². The SMILES string of the molecule is O=C(NC1CCC(O)CC1)c1ccc(-n2cccc2)c(F)c1. The van der Waals surface area contributed by atoms with Crippen LogP contribution in [-0.2, 0) is 0 Å². The molecule has 2 N–H and O–H groups in total. The molecule has 0 spiro atoms. The zero-order chi connectivity index (χ0) is 15.5. The number of aliphatic hydroxyl groups excluding tert-OH is 1. The van der Waals surface area contributed by atoms with E-state index in [0.717, 1.165) is 12.8 Å². The van der Waals surface area contributed by atoms with E-state index < -0.39 is 5.82 Å².